The third-order valence-corrected chi connectivity index (χ3v) is 5.58. The first kappa shape index (κ1) is 18.0. The van der Waals surface area contributed by atoms with Crippen molar-refractivity contribution in [3.8, 4) is 0 Å². The Balaban J connectivity index is 1.73. The number of amides is 2. The van der Waals surface area contributed by atoms with Crippen molar-refractivity contribution in [3.63, 3.8) is 0 Å². The molecule has 3 rings (SSSR count). The summed E-state index contributed by atoms with van der Waals surface area (Å²) in [4.78, 5) is 29.8. The van der Waals surface area contributed by atoms with E-state index in [4.69, 9.17) is 4.74 Å². The molecule has 0 unspecified atom stereocenters. The smallest absolute Gasteiger partial charge is 0.270 e. The molecule has 2 fully saturated rings. The first-order valence-electron chi connectivity index (χ1n) is 9.23. The molecule has 0 N–H and O–H groups in total. The highest BCUT2D eigenvalue weighted by Crippen LogP contribution is 2.40. The number of ether oxygens (including phenoxy) is 1. The van der Waals surface area contributed by atoms with Gasteiger partial charge in [-0.15, -0.1) is 0 Å². The fourth-order valence-corrected chi connectivity index (χ4v) is 4.18. The van der Waals surface area contributed by atoms with Crippen LogP contribution < -0.4 is 0 Å². The van der Waals surface area contributed by atoms with Crippen molar-refractivity contribution in [1.82, 2.24) is 14.4 Å². The zero-order valence-electron chi connectivity index (χ0n) is 15.5. The SMILES string of the molecule is COCCN1CCC[C@@]2(CCN(C(=O)c3cccn3C(C)C)C2)C1=O. The van der Waals surface area contributed by atoms with Gasteiger partial charge < -0.3 is 19.1 Å². The predicted octanol–water partition coefficient (Wildman–Crippen LogP) is 2.17. The summed E-state index contributed by atoms with van der Waals surface area (Å²) in [5.41, 5.74) is 0.322. The maximum Gasteiger partial charge on any atom is 0.270 e. The number of nitrogens with zero attached hydrogens (tertiary/aromatic N) is 3. The van der Waals surface area contributed by atoms with Crippen molar-refractivity contribution >= 4 is 11.8 Å². The zero-order valence-corrected chi connectivity index (χ0v) is 15.5. The molecule has 2 amide bonds. The minimum absolute atomic E-state index is 0.0392. The van der Waals surface area contributed by atoms with Crippen LogP contribution in [0.2, 0.25) is 0 Å². The summed E-state index contributed by atoms with van der Waals surface area (Å²) in [7, 11) is 1.66. The highest BCUT2D eigenvalue weighted by atomic mass is 16.5. The molecule has 1 aromatic rings. The number of hydrogen-bond donors (Lipinski definition) is 0. The highest BCUT2D eigenvalue weighted by molar-refractivity contribution is 5.94. The number of carbonyl (C=O) groups is 2. The van der Waals surface area contributed by atoms with Crippen molar-refractivity contribution in [2.45, 2.75) is 39.2 Å². The molecule has 2 aliphatic rings. The molecule has 0 bridgehead atoms. The van der Waals surface area contributed by atoms with E-state index < -0.39 is 5.41 Å². The Bertz CT molecular complexity index is 640. The van der Waals surface area contributed by atoms with Crippen LogP contribution >= 0.6 is 0 Å². The number of carbonyl (C=O) groups excluding carboxylic acids is 2. The van der Waals surface area contributed by atoms with E-state index in [0.29, 0.717) is 31.9 Å². The molecule has 3 heterocycles. The summed E-state index contributed by atoms with van der Waals surface area (Å²) in [5, 5.41) is 0. The molecular weight excluding hydrogens is 318 g/mol. The second kappa shape index (κ2) is 7.20. The average molecular weight is 347 g/mol. The van der Waals surface area contributed by atoms with Gasteiger partial charge in [-0.05, 0) is 45.2 Å². The van der Waals surface area contributed by atoms with Gasteiger partial charge in [-0.3, -0.25) is 9.59 Å². The molecule has 1 aromatic heterocycles. The number of rotatable bonds is 5. The Hall–Kier alpha value is -1.82. The zero-order chi connectivity index (χ0) is 18.0. The van der Waals surface area contributed by atoms with E-state index in [1.807, 2.05) is 32.7 Å². The molecule has 1 atom stereocenters. The second-order valence-corrected chi connectivity index (χ2v) is 7.54. The van der Waals surface area contributed by atoms with Gasteiger partial charge in [0.1, 0.15) is 5.69 Å². The molecule has 0 aliphatic carbocycles. The largest absolute Gasteiger partial charge is 0.383 e. The highest BCUT2D eigenvalue weighted by Gasteiger charge is 2.49. The Morgan fingerprint density at radius 3 is 2.84 bits per heavy atom. The molecule has 138 valence electrons. The number of methoxy groups -OCH3 is 1. The van der Waals surface area contributed by atoms with E-state index in [1.54, 1.807) is 7.11 Å². The number of likely N-dealkylation sites (tertiary alicyclic amines) is 2. The minimum atomic E-state index is -0.392. The topological polar surface area (TPSA) is 54.8 Å². The summed E-state index contributed by atoms with van der Waals surface area (Å²) >= 11 is 0. The van der Waals surface area contributed by atoms with Crippen LogP contribution in [0.5, 0.6) is 0 Å². The number of aromatic nitrogens is 1. The molecule has 1 spiro atoms. The average Bonchev–Trinajstić information content (AvgIpc) is 3.24. The Kier molecular flexibility index (Phi) is 5.18. The van der Waals surface area contributed by atoms with Crippen molar-refractivity contribution in [3.05, 3.63) is 24.0 Å². The standard InChI is InChI=1S/C19H29N3O3/c1-15(2)22-10-4-6-16(22)17(23)21-11-8-19(14-21)7-5-9-20(18(19)24)12-13-25-3/h4,6,10,15H,5,7-9,11-14H2,1-3H3/t19-/m0/s1. The molecule has 2 aliphatic heterocycles. The second-order valence-electron chi connectivity index (χ2n) is 7.54. The summed E-state index contributed by atoms with van der Waals surface area (Å²) in [6, 6.07) is 4.03. The van der Waals surface area contributed by atoms with Gasteiger partial charge in [0.25, 0.3) is 5.91 Å². The monoisotopic (exact) mass is 347 g/mol. The molecule has 0 radical (unpaired) electrons. The predicted molar refractivity (Wildman–Crippen MR) is 95.5 cm³/mol. The summed E-state index contributed by atoms with van der Waals surface area (Å²) < 4.78 is 7.13. The van der Waals surface area contributed by atoms with Gasteiger partial charge in [-0.2, -0.15) is 0 Å². The first-order valence-corrected chi connectivity index (χ1v) is 9.23. The van der Waals surface area contributed by atoms with Gasteiger partial charge >= 0.3 is 0 Å². The maximum absolute atomic E-state index is 13.0. The van der Waals surface area contributed by atoms with Crippen molar-refractivity contribution in [2.24, 2.45) is 5.41 Å². The summed E-state index contributed by atoms with van der Waals surface area (Å²) in [6.07, 6.45) is 4.59. The van der Waals surface area contributed by atoms with Crippen molar-refractivity contribution < 1.29 is 14.3 Å². The first-order chi connectivity index (χ1) is 12.0. The van der Waals surface area contributed by atoms with Crippen LogP contribution in [0.15, 0.2) is 18.3 Å². The van der Waals surface area contributed by atoms with Crippen LogP contribution in [0.1, 0.15) is 49.6 Å². The van der Waals surface area contributed by atoms with Crippen LogP contribution in [-0.4, -0.2) is 66.1 Å². The van der Waals surface area contributed by atoms with Crippen LogP contribution in [0.3, 0.4) is 0 Å². The quantitative estimate of drug-likeness (QED) is 0.820. The van der Waals surface area contributed by atoms with Crippen molar-refractivity contribution in [1.29, 1.82) is 0 Å². The molecule has 0 aromatic carbocycles. The normalized spacial score (nSPS) is 23.9. The lowest BCUT2D eigenvalue weighted by atomic mass is 9.78. The third-order valence-electron chi connectivity index (χ3n) is 5.58. The van der Waals surface area contributed by atoms with Gasteiger partial charge in [-0.25, -0.2) is 0 Å². The van der Waals surface area contributed by atoms with Crippen LogP contribution in [0.25, 0.3) is 0 Å². The summed E-state index contributed by atoms with van der Waals surface area (Å²) in [5.74, 6) is 0.239. The Morgan fingerprint density at radius 1 is 1.32 bits per heavy atom. The lowest BCUT2D eigenvalue weighted by Gasteiger charge is -2.39. The lowest BCUT2D eigenvalue weighted by molar-refractivity contribution is -0.146. The Labute approximate surface area is 149 Å². The van der Waals surface area contributed by atoms with Gasteiger partial charge in [0.05, 0.1) is 12.0 Å². The van der Waals surface area contributed by atoms with Crippen LogP contribution in [0.4, 0.5) is 0 Å². The van der Waals surface area contributed by atoms with E-state index in [9.17, 15) is 9.59 Å². The number of hydrogen-bond acceptors (Lipinski definition) is 3. The summed E-state index contributed by atoms with van der Waals surface area (Å²) in [6.45, 7) is 7.34. The van der Waals surface area contributed by atoms with Crippen LogP contribution in [-0.2, 0) is 9.53 Å². The van der Waals surface area contributed by atoms with E-state index >= 15 is 0 Å². The van der Waals surface area contributed by atoms with Crippen molar-refractivity contribution in [2.75, 3.05) is 39.9 Å². The molecular formula is C19H29N3O3. The molecule has 6 heteroatoms. The van der Waals surface area contributed by atoms with Gasteiger partial charge in [0.15, 0.2) is 0 Å². The molecule has 6 nitrogen and oxygen atoms in total. The minimum Gasteiger partial charge on any atom is -0.383 e. The van der Waals surface area contributed by atoms with Gasteiger partial charge in [0, 0.05) is 45.5 Å². The lowest BCUT2D eigenvalue weighted by Crippen LogP contribution is -2.51. The third kappa shape index (κ3) is 3.32. The van der Waals surface area contributed by atoms with E-state index in [-0.39, 0.29) is 17.9 Å². The van der Waals surface area contributed by atoms with Gasteiger partial charge in [0.2, 0.25) is 5.91 Å². The fourth-order valence-electron chi connectivity index (χ4n) is 4.18. The van der Waals surface area contributed by atoms with Crippen LogP contribution in [0, 0.1) is 5.41 Å². The maximum atomic E-state index is 13.0. The van der Waals surface area contributed by atoms with E-state index in [2.05, 4.69) is 13.8 Å². The molecule has 2 saturated heterocycles. The fraction of sp³-hybridized carbons (Fsp3) is 0.684. The van der Waals surface area contributed by atoms with E-state index in [1.165, 1.54) is 0 Å². The van der Waals surface area contributed by atoms with E-state index in [0.717, 1.165) is 25.8 Å². The molecule has 0 saturated carbocycles. The molecule has 25 heavy (non-hydrogen) atoms. The van der Waals surface area contributed by atoms with Gasteiger partial charge in [-0.1, -0.05) is 0 Å². The Morgan fingerprint density at radius 2 is 2.12 bits per heavy atom. The number of piperidine rings is 1.